The van der Waals surface area contributed by atoms with Gasteiger partial charge >= 0.3 is 0 Å². The third-order valence-corrected chi connectivity index (χ3v) is 7.58. The average molecular weight is 193 g/mol. The van der Waals surface area contributed by atoms with E-state index in [0.717, 1.165) is 5.54 Å². The summed E-state index contributed by atoms with van der Waals surface area (Å²) in [6.07, 6.45) is 12.0. The van der Waals surface area contributed by atoms with Crippen LogP contribution in [-0.2, 0) is 0 Å². The van der Waals surface area contributed by atoms with E-state index in [-0.39, 0.29) is 0 Å². The van der Waals surface area contributed by atoms with E-state index in [9.17, 15) is 0 Å². The van der Waals surface area contributed by atoms with Crippen LogP contribution in [0.4, 0.5) is 0 Å². The Morgan fingerprint density at radius 1 is 1.08 bits per heavy atom. The minimum absolute atomic E-state index is 0.755. The van der Waals surface area contributed by atoms with Crippen molar-refractivity contribution in [3.63, 3.8) is 0 Å². The molecular formula is C11H19NSi. The highest BCUT2D eigenvalue weighted by Gasteiger charge is 2.36. The molecule has 0 saturated carbocycles. The fourth-order valence-corrected chi connectivity index (χ4v) is 5.46. The zero-order valence-electron chi connectivity index (χ0n) is 8.66. The van der Waals surface area contributed by atoms with Crippen LogP contribution in [0.5, 0.6) is 0 Å². The van der Waals surface area contributed by atoms with Gasteiger partial charge in [0.25, 0.3) is 0 Å². The van der Waals surface area contributed by atoms with Crippen molar-refractivity contribution >= 4 is 8.24 Å². The number of hydrogen-bond acceptors (Lipinski definition) is 1. The van der Waals surface area contributed by atoms with Crippen LogP contribution in [-0.4, -0.2) is 25.9 Å². The first kappa shape index (κ1) is 9.22. The van der Waals surface area contributed by atoms with E-state index < -0.39 is 8.24 Å². The Labute approximate surface area is 82.2 Å². The summed E-state index contributed by atoms with van der Waals surface area (Å²) in [6.45, 7) is 7.70. The summed E-state index contributed by atoms with van der Waals surface area (Å²) in [6, 6.07) is 0. The molecule has 2 heteroatoms. The van der Waals surface area contributed by atoms with E-state index in [1.807, 2.05) is 0 Å². The Morgan fingerprint density at radius 3 is 2.15 bits per heavy atom. The molecule has 0 aromatic rings. The summed E-state index contributed by atoms with van der Waals surface area (Å²) in [5, 5.41) is 0. The standard InChI is InChI=1S/C11H19NSi/c1-13(2,11-7-3-4-8-11)12-9-5-6-10-12/h3-4,7-8,11H,5-6,9-10H2,1-2H3. The van der Waals surface area contributed by atoms with Gasteiger partial charge in [-0.2, -0.15) is 0 Å². The number of hydrogen-bond donors (Lipinski definition) is 0. The minimum Gasteiger partial charge on any atom is -0.323 e. The molecule has 2 aliphatic rings. The monoisotopic (exact) mass is 193 g/mol. The molecule has 0 atom stereocenters. The SMILES string of the molecule is C[Si](C)(C1C=CC=C1)N1CCCC1. The van der Waals surface area contributed by atoms with Crippen LogP contribution >= 0.6 is 0 Å². The molecule has 0 unspecified atom stereocenters. The Balaban J connectivity index is 2.09. The lowest BCUT2D eigenvalue weighted by atomic mass is 10.4. The predicted octanol–water partition coefficient (Wildman–Crippen LogP) is 2.78. The first-order chi connectivity index (χ1) is 6.21. The van der Waals surface area contributed by atoms with Gasteiger partial charge in [-0.1, -0.05) is 37.4 Å². The molecule has 0 radical (unpaired) electrons. The van der Waals surface area contributed by atoms with Gasteiger partial charge in [0, 0.05) is 5.54 Å². The molecule has 2 rings (SSSR count). The number of rotatable bonds is 2. The lowest BCUT2D eigenvalue weighted by molar-refractivity contribution is 0.515. The van der Waals surface area contributed by atoms with Crippen molar-refractivity contribution in [2.45, 2.75) is 31.5 Å². The van der Waals surface area contributed by atoms with Crippen LogP contribution in [0.15, 0.2) is 24.3 Å². The lowest BCUT2D eigenvalue weighted by Crippen LogP contribution is -2.49. The van der Waals surface area contributed by atoms with Gasteiger partial charge in [-0.15, -0.1) is 0 Å². The molecular weight excluding hydrogens is 174 g/mol. The third kappa shape index (κ3) is 1.65. The second-order valence-corrected chi connectivity index (χ2v) is 9.25. The smallest absolute Gasteiger partial charge is 0.132 e. The molecule has 0 bridgehead atoms. The first-order valence-electron chi connectivity index (χ1n) is 5.31. The molecule has 1 aliphatic carbocycles. The van der Waals surface area contributed by atoms with Crippen LogP contribution in [0.25, 0.3) is 0 Å². The highest BCUT2D eigenvalue weighted by atomic mass is 28.3. The van der Waals surface area contributed by atoms with Crippen molar-refractivity contribution in [2.75, 3.05) is 13.1 Å². The summed E-state index contributed by atoms with van der Waals surface area (Å²) in [7, 11) is -1.18. The van der Waals surface area contributed by atoms with E-state index in [1.54, 1.807) is 0 Å². The number of nitrogens with zero attached hydrogens (tertiary/aromatic N) is 1. The van der Waals surface area contributed by atoms with E-state index in [4.69, 9.17) is 0 Å². The predicted molar refractivity (Wildman–Crippen MR) is 60.3 cm³/mol. The van der Waals surface area contributed by atoms with Gasteiger partial charge in [0.15, 0.2) is 0 Å². The molecule has 0 spiro atoms. The topological polar surface area (TPSA) is 3.24 Å². The van der Waals surface area contributed by atoms with Gasteiger partial charge in [-0.3, -0.25) is 0 Å². The minimum atomic E-state index is -1.18. The zero-order valence-corrected chi connectivity index (χ0v) is 9.66. The Kier molecular flexibility index (Phi) is 2.43. The van der Waals surface area contributed by atoms with Crippen molar-refractivity contribution in [1.29, 1.82) is 0 Å². The molecule has 13 heavy (non-hydrogen) atoms. The fraction of sp³-hybridized carbons (Fsp3) is 0.636. The molecule has 0 amide bonds. The zero-order chi connectivity index (χ0) is 9.31. The van der Waals surface area contributed by atoms with Gasteiger partial charge in [0.2, 0.25) is 0 Å². The molecule has 72 valence electrons. The van der Waals surface area contributed by atoms with Crippen molar-refractivity contribution < 1.29 is 0 Å². The lowest BCUT2D eigenvalue weighted by Gasteiger charge is -2.36. The third-order valence-electron chi connectivity index (χ3n) is 3.48. The summed E-state index contributed by atoms with van der Waals surface area (Å²) >= 11 is 0. The summed E-state index contributed by atoms with van der Waals surface area (Å²) in [5.41, 5.74) is 0.755. The van der Waals surface area contributed by atoms with Gasteiger partial charge in [-0.05, 0) is 25.9 Å². The summed E-state index contributed by atoms with van der Waals surface area (Å²) in [4.78, 5) is 0. The maximum atomic E-state index is 2.76. The molecule has 1 heterocycles. The second kappa shape index (κ2) is 3.43. The molecule has 1 saturated heterocycles. The maximum absolute atomic E-state index is 2.76. The van der Waals surface area contributed by atoms with E-state index in [2.05, 4.69) is 42.0 Å². The number of allylic oxidation sites excluding steroid dienone is 4. The molecule has 1 nitrogen and oxygen atoms in total. The Bertz CT molecular complexity index is 224. The van der Waals surface area contributed by atoms with Gasteiger partial charge in [0.05, 0.1) is 0 Å². The molecule has 0 aromatic carbocycles. The quantitative estimate of drug-likeness (QED) is 0.610. The van der Waals surface area contributed by atoms with Gasteiger partial charge in [0.1, 0.15) is 8.24 Å². The summed E-state index contributed by atoms with van der Waals surface area (Å²) in [5.74, 6) is 0. The fourth-order valence-electron chi connectivity index (χ4n) is 2.41. The van der Waals surface area contributed by atoms with Crippen molar-refractivity contribution in [2.24, 2.45) is 0 Å². The second-order valence-electron chi connectivity index (χ2n) is 4.64. The van der Waals surface area contributed by atoms with Crippen LogP contribution in [0, 0.1) is 0 Å². The summed E-state index contributed by atoms with van der Waals surface area (Å²) < 4.78 is 2.76. The van der Waals surface area contributed by atoms with Crippen LogP contribution < -0.4 is 0 Å². The average Bonchev–Trinajstić information content (AvgIpc) is 2.78. The van der Waals surface area contributed by atoms with Gasteiger partial charge < -0.3 is 4.57 Å². The highest BCUT2D eigenvalue weighted by molar-refractivity contribution is 6.77. The van der Waals surface area contributed by atoms with Crippen LogP contribution in [0.1, 0.15) is 12.8 Å². The normalized spacial score (nSPS) is 24.8. The first-order valence-corrected chi connectivity index (χ1v) is 8.34. The van der Waals surface area contributed by atoms with E-state index in [0.29, 0.717) is 0 Å². The Morgan fingerprint density at radius 2 is 1.62 bits per heavy atom. The molecule has 1 fully saturated rings. The van der Waals surface area contributed by atoms with E-state index >= 15 is 0 Å². The largest absolute Gasteiger partial charge is 0.323 e. The van der Waals surface area contributed by atoms with E-state index in [1.165, 1.54) is 25.9 Å². The highest BCUT2D eigenvalue weighted by Crippen LogP contribution is 2.33. The molecule has 0 aromatic heterocycles. The van der Waals surface area contributed by atoms with Crippen molar-refractivity contribution in [3.8, 4) is 0 Å². The van der Waals surface area contributed by atoms with Gasteiger partial charge in [-0.25, -0.2) is 0 Å². The molecule has 0 N–H and O–H groups in total. The molecule has 1 aliphatic heterocycles. The van der Waals surface area contributed by atoms with Crippen LogP contribution in [0.2, 0.25) is 18.6 Å². The van der Waals surface area contributed by atoms with Crippen molar-refractivity contribution in [3.05, 3.63) is 24.3 Å². The Hall–Kier alpha value is -0.343. The van der Waals surface area contributed by atoms with Crippen molar-refractivity contribution in [1.82, 2.24) is 4.57 Å². The maximum Gasteiger partial charge on any atom is 0.132 e. The van der Waals surface area contributed by atoms with Crippen LogP contribution in [0.3, 0.4) is 0 Å².